The molecule has 0 aliphatic carbocycles. The number of hydrogen-bond donors (Lipinski definition) is 2. The highest BCUT2D eigenvalue weighted by atomic mass is 16.3. The van der Waals surface area contributed by atoms with Gasteiger partial charge in [-0.3, -0.25) is 4.79 Å². The molecule has 112 valence electrons. The molecule has 0 aliphatic heterocycles. The molecule has 0 spiro atoms. The Kier molecular flexibility index (Phi) is 5.58. The fourth-order valence-corrected chi connectivity index (χ4v) is 2.23. The Morgan fingerprint density at radius 1 is 1.24 bits per heavy atom. The van der Waals surface area contributed by atoms with Gasteiger partial charge in [0.1, 0.15) is 5.76 Å². The zero-order chi connectivity index (χ0) is 15.1. The summed E-state index contributed by atoms with van der Waals surface area (Å²) in [6, 6.07) is 13.3. The van der Waals surface area contributed by atoms with Gasteiger partial charge in [0.25, 0.3) is 0 Å². The van der Waals surface area contributed by atoms with Crippen molar-refractivity contribution in [2.45, 2.75) is 38.3 Å². The normalized spacial score (nSPS) is 13.6. The van der Waals surface area contributed by atoms with Gasteiger partial charge in [-0.1, -0.05) is 30.3 Å². The van der Waals surface area contributed by atoms with E-state index in [1.54, 1.807) is 6.26 Å². The largest absolute Gasteiger partial charge is 0.469 e. The van der Waals surface area contributed by atoms with E-state index in [0.717, 1.165) is 12.2 Å². The van der Waals surface area contributed by atoms with E-state index in [4.69, 9.17) is 10.2 Å². The summed E-state index contributed by atoms with van der Waals surface area (Å²) in [7, 11) is 0. The quantitative estimate of drug-likeness (QED) is 0.820. The van der Waals surface area contributed by atoms with Gasteiger partial charge in [0, 0.05) is 12.5 Å². The van der Waals surface area contributed by atoms with Gasteiger partial charge in [0.15, 0.2) is 0 Å². The van der Waals surface area contributed by atoms with Crippen LogP contribution in [0.2, 0.25) is 0 Å². The van der Waals surface area contributed by atoms with Gasteiger partial charge in [-0.25, -0.2) is 0 Å². The maximum atomic E-state index is 12.0. The number of carbonyl (C=O) groups is 1. The number of nitrogens with two attached hydrogens (primary N) is 1. The molecule has 2 atom stereocenters. The monoisotopic (exact) mass is 286 g/mol. The minimum atomic E-state index is -0.482. The Morgan fingerprint density at radius 2 is 2.00 bits per heavy atom. The third-order valence-electron chi connectivity index (χ3n) is 3.40. The second-order valence-corrected chi connectivity index (χ2v) is 5.32. The smallest absolute Gasteiger partial charge is 0.237 e. The Bertz CT molecular complexity index is 537. The first kappa shape index (κ1) is 15.3. The number of rotatable bonds is 7. The van der Waals surface area contributed by atoms with Gasteiger partial charge in [-0.15, -0.1) is 0 Å². The van der Waals surface area contributed by atoms with Gasteiger partial charge in [-0.05, 0) is 37.5 Å². The van der Waals surface area contributed by atoms with Crippen LogP contribution in [0.15, 0.2) is 53.1 Å². The summed E-state index contributed by atoms with van der Waals surface area (Å²) in [5.74, 6) is 0.755. The molecular weight excluding hydrogens is 264 g/mol. The van der Waals surface area contributed by atoms with E-state index in [2.05, 4.69) is 5.32 Å². The molecule has 1 aromatic heterocycles. The minimum Gasteiger partial charge on any atom is -0.469 e. The molecule has 1 heterocycles. The van der Waals surface area contributed by atoms with Crippen molar-refractivity contribution in [2.75, 3.05) is 0 Å². The lowest BCUT2D eigenvalue weighted by Crippen LogP contribution is -2.45. The summed E-state index contributed by atoms with van der Waals surface area (Å²) in [6.07, 6.45) is 3.75. The lowest BCUT2D eigenvalue weighted by molar-refractivity contribution is -0.123. The first-order valence-corrected chi connectivity index (χ1v) is 7.27. The van der Waals surface area contributed by atoms with Crippen molar-refractivity contribution in [3.8, 4) is 0 Å². The fourth-order valence-electron chi connectivity index (χ4n) is 2.23. The van der Waals surface area contributed by atoms with Crippen LogP contribution in [-0.2, 0) is 17.6 Å². The van der Waals surface area contributed by atoms with E-state index < -0.39 is 6.04 Å². The highest BCUT2D eigenvalue weighted by Gasteiger charge is 2.16. The Morgan fingerprint density at radius 3 is 2.67 bits per heavy atom. The van der Waals surface area contributed by atoms with Crippen molar-refractivity contribution >= 4 is 5.91 Å². The molecule has 0 radical (unpaired) electrons. The summed E-state index contributed by atoms with van der Waals surface area (Å²) >= 11 is 0. The Balaban J connectivity index is 1.74. The third-order valence-corrected chi connectivity index (χ3v) is 3.40. The van der Waals surface area contributed by atoms with Crippen LogP contribution in [-0.4, -0.2) is 18.0 Å². The second kappa shape index (κ2) is 7.64. The number of amides is 1. The molecule has 3 N–H and O–H groups in total. The molecule has 0 saturated heterocycles. The van der Waals surface area contributed by atoms with Crippen LogP contribution in [0.25, 0.3) is 0 Å². The van der Waals surface area contributed by atoms with Gasteiger partial charge in [0.05, 0.1) is 12.3 Å². The van der Waals surface area contributed by atoms with Crippen LogP contribution < -0.4 is 11.1 Å². The summed E-state index contributed by atoms with van der Waals surface area (Å²) < 4.78 is 5.27. The molecule has 4 nitrogen and oxygen atoms in total. The average Bonchev–Trinajstić information content (AvgIpc) is 2.98. The lowest BCUT2D eigenvalue weighted by atomic mass is 10.0. The molecule has 0 bridgehead atoms. The summed E-state index contributed by atoms with van der Waals surface area (Å²) in [6.45, 7) is 1.95. The van der Waals surface area contributed by atoms with E-state index in [-0.39, 0.29) is 11.9 Å². The number of nitrogens with one attached hydrogen (secondary N) is 1. The minimum absolute atomic E-state index is 0.00595. The number of hydrogen-bond acceptors (Lipinski definition) is 3. The Hall–Kier alpha value is -2.07. The molecule has 2 rings (SSSR count). The molecular formula is C17H22N2O2. The SMILES string of the molecule is CC(Cc1ccco1)NC(=O)C(N)CCc1ccccc1. The van der Waals surface area contributed by atoms with Crippen LogP contribution in [0, 0.1) is 0 Å². The first-order valence-electron chi connectivity index (χ1n) is 7.27. The van der Waals surface area contributed by atoms with Crippen molar-refractivity contribution in [3.05, 3.63) is 60.1 Å². The van der Waals surface area contributed by atoms with Gasteiger partial charge in [0.2, 0.25) is 5.91 Å². The summed E-state index contributed by atoms with van der Waals surface area (Å²) in [4.78, 5) is 12.0. The highest BCUT2D eigenvalue weighted by molar-refractivity contribution is 5.81. The van der Waals surface area contributed by atoms with Crippen LogP contribution in [0.4, 0.5) is 0 Å². The second-order valence-electron chi connectivity index (χ2n) is 5.32. The molecule has 1 aromatic carbocycles. The van der Waals surface area contributed by atoms with Crippen LogP contribution in [0.5, 0.6) is 0 Å². The van der Waals surface area contributed by atoms with E-state index >= 15 is 0 Å². The molecule has 0 aliphatic rings. The molecule has 0 fully saturated rings. The van der Waals surface area contributed by atoms with Crippen molar-refractivity contribution in [1.82, 2.24) is 5.32 Å². The average molecular weight is 286 g/mol. The zero-order valence-corrected chi connectivity index (χ0v) is 12.3. The highest BCUT2D eigenvalue weighted by Crippen LogP contribution is 2.06. The number of benzene rings is 1. The van der Waals surface area contributed by atoms with Crippen LogP contribution >= 0.6 is 0 Å². The molecule has 4 heteroatoms. The van der Waals surface area contributed by atoms with E-state index in [9.17, 15) is 4.79 Å². The maximum absolute atomic E-state index is 12.0. The predicted molar refractivity (Wildman–Crippen MR) is 82.8 cm³/mol. The fraction of sp³-hybridized carbons (Fsp3) is 0.353. The summed E-state index contributed by atoms with van der Waals surface area (Å²) in [5.41, 5.74) is 7.15. The Labute approximate surface area is 125 Å². The van der Waals surface area contributed by atoms with Crippen molar-refractivity contribution < 1.29 is 9.21 Å². The summed E-state index contributed by atoms with van der Waals surface area (Å²) in [5, 5.41) is 2.93. The van der Waals surface area contributed by atoms with Gasteiger partial charge < -0.3 is 15.5 Å². The van der Waals surface area contributed by atoms with E-state index in [0.29, 0.717) is 12.8 Å². The van der Waals surface area contributed by atoms with Crippen LogP contribution in [0.1, 0.15) is 24.7 Å². The topological polar surface area (TPSA) is 68.3 Å². The van der Waals surface area contributed by atoms with Crippen molar-refractivity contribution in [3.63, 3.8) is 0 Å². The molecule has 0 saturated carbocycles. The van der Waals surface area contributed by atoms with Crippen molar-refractivity contribution in [1.29, 1.82) is 0 Å². The zero-order valence-electron chi connectivity index (χ0n) is 12.3. The molecule has 2 unspecified atom stereocenters. The molecule has 1 amide bonds. The van der Waals surface area contributed by atoms with Crippen LogP contribution in [0.3, 0.4) is 0 Å². The number of carbonyl (C=O) groups excluding carboxylic acids is 1. The van der Waals surface area contributed by atoms with E-state index in [1.165, 1.54) is 5.56 Å². The van der Waals surface area contributed by atoms with Crippen molar-refractivity contribution in [2.24, 2.45) is 5.73 Å². The molecule has 2 aromatic rings. The maximum Gasteiger partial charge on any atom is 0.237 e. The van der Waals surface area contributed by atoms with Gasteiger partial charge in [-0.2, -0.15) is 0 Å². The predicted octanol–water partition coefficient (Wildman–Crippen LogP) is 2.29. The van der Waals surface area contributed by atoms with E-state index in [1.807, 2.05) is 49.4 Å². The molecule has 21 heavy (non-hydrogen) atoms. The van der Waals surface area contributed by atoms with Gasteiger partial charge >= 0.3 is 0 Å². The number of aryl methyl sites for hydroxylation is 1. The standard InChI is InChI=1S/C17H22N2O2/c1-13(12-15-8-5-11-21-15)19-17(20)16(18)10-9-14-6-3-2-4-7-14/h2-8,11,13,16H,9-10,12,18H2,1H3,(H,19,20). The number of furan rings is 1. The third kappa shape index (κ3) is 5.08. The lowest BCUT2D eigenvalue weighted by Gasteiger charge is -2.16. The first-order chi connectivity index (χ1) is 10.1.